The molecule has 0 spiro atoms. The molecule has 0 bridgehead atoms. The smallest absolute Gasteiger partial charge is 0.322 e. The van der Waals surface area contributed by atoms with Crippen molar-refractivity contribution in [1.29, 1.82) is 0 Å². The van der Waals surface area contributed by atoms with Gasteiger partial charge >= 0.3 is 6.03 Å². The Labute approximate surface area is 145 Å². The number of hydrogen-bond donors (Lipinski definition) is 1. The third kappa shape index (κ3) is 2.71. The molecule has 5 nitrogen and oxygen atoms in total. The number of benzene rings is 1. The third-order valence-electron chi connectivity index (χ3n) is 4.54. The third-order valence-corrected chi connectivity index (χ3v) is 5.53. The molecule has 2 aliphatic heterocycles. The summed E-state index contributed by atoms with van der Waals surface area (Å²) in [5.74, 6) is 1.41. The lowest BCUT2D eigenvalue weighted by Gasteiger charge is -2.35. The average molecular weight is 344 g/mol. The van der Waals surface area contributed by atoms with Crippen LogP contribution in [0.2, 0.25) is 0 Å². The van der Waals surface area contributed by atoms with E-state index in [2.05, 4.69) is 23.7 Å². The lowest BCUT2D eigenvalue weighted by molar-refractivity contribution is 0.171. The van der Waals surface area contributed by atoms with Crippen LogP contribution in [0.5, 0.6) is 11.5 Å². The minimum atomic E-state index is -0.0598. The van der Waals surface area contributed by atoms with Gasteiger partial charge in [-0.3, -0.25) is 0 Å². The number of anilines is 1. The highest BCUT2D eigenvalue weighted by molar-refractivity contribution is 7.10. The number of thiophene rings is 1. The highest BCUT2D eigenvalue weighted by atomic mass is 32.1. The highest BCUT2D eigenvalue weighted by Crippen LogP contribution is 2.36. The molecule has 4 rings (SSSR count). The first-order valence-electron chi connectivity index (χ1n) is 8.30. The number of hydrogen-bond acceptors (Lipinski definition) is 4. The summed E-state index contributed by atoms with van der Waals surface area (Å²) in [6.07, 6.45) is 1.84. The minimum Gasteiger partial charge on any atom is -0.486 e. The average Bonchev–Trinajstić information content (AvgIpc) is 3.09. The van der Waals surface area contributed by atoms with Gasteiger partial charge in [0.25, 0.3) is 0 Å². The van der Waals surface area contributed by atoms with Gasteiger partial charge in [-0.2, -0.15) is 0 Å². The molecule has 0 saturated heterocycles. The van der Waals surface area contributed by atoms with Crippen LogP contribution in [-0.4, -0.2) is 30.7 Å². The molecule has 2 amide bonds. The van der Waals surface area contributed by atoms with Gasteiger partial charge in [-0.1, -0.05) is 6.92 Å². The predicted molar refractivity (Wildman–Crippen MR) is 94.2 cm³/mol. The number of carbonyl (C=O) groups excluding carboxylic acids is 1. The second kappa shape index (κ2) is 6.36. The summed E-state index contributed by atoms with van der Waals surface area (Å²) in [7, 11) is 0. The van der Waals surface area contributed by atoms with E-state index < -0.39 is 0 Å². The molecule has 126 valence electrons. The molecule has 0 fully saturated rings. The number of nitrogens with zero attached hydrogens (tertiary/aromatic N) is 1. The molecule has 6 heteroatoms. The number of rotatable bonds is 2. The number of nitrogens with one attached hydrogen (secondary N) is 1. The highest BCUT2D eigenvalue weighted by Gasteiger charge is 2.30. The fourth-order valence-electron chi connectivity index (χ4n) is 3.40. The Hall–Kier alpha value is -2.21. The van der Waals surface area contributed by atoms with Crippen LogP contribution in [0.25, 0.3) is 0 Å². The molecular formula is C18H20N2O3S. The summed E-state index contributed by atoms with van der Waals surface area (Å²) in [6, 6.07) is 7.76. The van der Waals surface area contributed by atoms with Gasteiger partial charge in [0.1, 0.15) is 13.2 Å². The van der Waals surface area contributed by atoms with Gasteiger partial charge in [0, 0.05) is 23.2 Å². The van der Waals surface area contributed by atoms with E-state index in [1.807, 2.05) is 23.1 Å². The standard InChI is InChI=1S/C18H20N2O3S/c1-2-14-13-6-10-24-17(13)5-7-20(14)18(21)19-12-3-4-15-16(11-12)23-9-8-22-15/h3-4,6,10-11,14H,2,5,7-9H2,1H3,(H,19,21). The molecule has 24 heavy (non-hydrogen) atoms. The van der Waals surface area contributed by atoms with E-state index in [0.29, 0.717) is 19.0 Å². The first-order chi connectivity index (χ1) is 11.8. The van der Waals surface area contributed by atoms with Crippen molar-refractivity contribution < 1.29 is 14.3 Å². The topological polar surface area (TPSA) is 50.8 Å². The Balaban J connectivity index is 1.52. The summed E-state index contributed by atoms with van der Waals surface area (Å²) in [4.78, 5) is 16.1. The maximum atomic E-state index is 12.8. The van der Waals surface area contributed by atoms with Crippen LogP contribution in [-0.2, 0) is 6.42 Å². The lowest BCUT2D eigenvalue weighted by atomic mass is 9.98. The fraction of sp³-hybridized carbons (Fsp3) is 0.389. The quantitative estimate of drug-likeness (QED) is 0.894. The predicted octanol–water partition coefficient (Wildman–Crippen LogP) is 4.06. The van der Waals surface area contributed by atoms with Crippen LogP contribution in [0.4, 0.5) is 10.5 Å². The van der Waals surface area contributed by atoms with Crippen molar-refractivity contribution in [1.82, 2.24) is 4.90 Å². The van der Waals surface area contributed by atoms with Gasteiger partial charge in [-0.25, -0.2) is 4.79 Å². The van der Waals surface area contributed by atoms with E-state index in [-0.39, 0.29) is 12.1 Å². The Morgan fingerprint density at radius 1 is 1.29 bits per heavy atom. The molecular weight excluding hydrogens is 324 g/mol. The summed E-state index contributed by atoms with van der Waals surface area (Å²) < 4.78 is 11.1. The molecule has 0 aliphatic carbocycles. The van der Waals surface area contributed by atoms with E-state index in [4.69, 9.17) is 9.47 Å². The van der Waals surface area contributed by atoms with Crippen molar-refractivity contribution in [3.63, 3.8) is 0 Å². The van der Waals surface area contributed by atoms with Crippen molar-refractivity contribution in [2.45, 2.75) is 25.8 Å². The molecule has 1 atom stereocenters. The monoisotopic (exact) mass is 344 g/mol. The first-order valence-corrected chi connectivity index (χ1v) is 9.17. The van der Waals surface area contributed by atoms with Crippen molar-refractivity contribution in [3.05, 3.63) is 40.1 Å². The van der Waals surface area contributed by atoms with Gasteiger partial charge in [-0.05, 0) is 42.0 Å². The second-order valence-electron chi connectivity index (χ2n) is 5.96. The van der Waals surface area contributed by atoms with Gasteiger partial charge in [0.15, 0.2) is 11.5 Å². The fourth-order valence-corrected chi connectivity index (χ4v) is 4.32. The molecule has 1 unspecified atom stereocenters. The van der Waals surface area contributed by atoms with Crippen LogP contribution in [0.15, 0.2) is 29.6 Å². The number of ether oxygens (including phenoxy) is 2. The largest absolute Gasteiger partial charge is 0.486 e. The SMILES string of the molecule is CCC1c2ccsc2CCN1C(=O)Nc1ccc2c(c1)OCCO2. The molecule has 0 radical (unpaired) electrons. The van der Waals surface area contributed by atoms with E-state index >= 15 is 0 Å². The van der Waals surface area contributed by atoms with E-state index in [1.54, 1.807) is 11.3 Å². The Morgan fingerprint density at radius 2 is 2.12 bits per heavy atom. The van der Waals surface area contributed by atoms with Crippen LogP contribution in [0.1, 0.15) is 29.8 Å². The van der Waals surface area contributed by atoms with Crippen molar-refractivity contribution >= 4 is 23.1 Å². The Kier molecular flexibility index (Phi) is 4.06. The molecule has 2 aromatic rings. The van der Waals surface area contributed by atoms with Crippen molar-refractivity contribution in [3.8, 4) is 11.5 Å². The van der Waals surface area contributed by atoms with E-state index in [9.17, 15) is 4.79 Å². The molecule has 1 N–H and O–H groups in total. The summed E-state index contributed by atoms with van der Waals surface area (Å²) >= 11 is 1.79. The van der Waals surface area contributed by atoms with Crippen molar-refractivity contribution in [2.24, 2.45) is 0 Å². The zero-order chi connectivity index (χ0) is 16.5. The lowest BCUT2D eigenvalue weighted by Crippen LogP contribution is -2.41. The van der Waals surface area contributed by atoms with Crippen LogP contribution < -0.4 is 14.8 Å². The summed E-state index contributed by atoms with van der Waals surface area (Å²) in [6.45, 7) is 3.98. The van der Waals surface area contributed by atoms with E-state index in [0.717, 1.165) is 30.8 Å². The van der Waals surface area contributed by atoms with Gasteiger partial charge < -0.3 is 19.7 Å². The first kappa shape index (κ1) is 15.3. The van der Waals surface area contributed by atoms with Gasteiger partial charge in [0.05, 0.1) is 6.04 Å². The van der Waals surface area contributed by atoms with Crippen LogP contribution in [0, 0.1) is 0 Å². The van der Waals surface area contributed by atoms with E-state index in [1.165, 1.54) is 10.4 Å². The van der Waals surface area contributed by atoms with Gasteiger partial charge in [0.2, 0.25) is 0 Å². The zero-order valence-electron chi connectivity index (χ0n) is 13.6. The van der Waals surface area contributed by atoms with Crippen LogP contribution in [0.3, 0.4) is 0 Å². The number of amides is 2. The normalized spacial score (nSPS) is 18.9. The maximum Gasteiger partial charge on any atom is 0.322 e. The minimum absolute atomic E-state index is 0.0598. The zero-order valence-corrected chi connectivity index (χ0v) is 14.4. The van der Waals surface area contributed by atoms with Crippen molar-refractivity contribution in [2.75, 3.05) is 25.1 Å². The number of carbonyl (C=O) groups is 1. The summed E-state index contributed by atoms with van der Waals surface area (Å²) in [5, 5.41) is 5.12. The van der Waals surface area contributed by atoms with Gasteiger partial charge in [-0.15, -0.1) is 11.3 Å². The molecule has 1 aromatic carbocycles. The summed E-state index contributed by atoms with van der Waals surface area (Å²) in [5.41, 5.74) is 2.03. The maximum absolute atomic E-state index is 12.8. The molecule has 2 aliphatic rings. The molecule has 0 saturated carbocycles. The molecule has 1 aromatic heterocycles. The number of fused-ring (bicyclic) bond motifs is 2. The second-order valence-corrected chi connectivity index (χ2v) is 6.96. The Morgan fingerprint density at radius 3 is 2.96 bits per heavy atom. The molecule has 3 heterocycles. The number of urea groups is 1. The Bertz CT molecular complexity index is 758. The van der Waals surface area contributed by atoms with Crippen LogP contribution >= 0.6 is 11.3 Å².